The fourth-order valence-electron chi connectivity index (χ4n) is 2.81. The zero-order valence-electron chi connectivity index (χ0n) is 12.8. The number of hydrogen-bond acceptors (Lipinski definition) is 4. The van der Waals surface area contributed by atoms with Crippen LogP contribution in [0.4, 0.5) is 0 Å². The molecule has 0 saturated carbocycles. The van der Waals surface area contributed by atoms with E-state index in [0.717, 1.165) is 11.5 Å². The third-order valence-corrected chi connectivity index (χ3v) is 4.06. The molecule has 1 atom stereocenters. The second-order valence-corrected chi connectivity index (χ2v) is 6.09. The highest BCUT2D eigenvalue weighted by atomic mass is 35.7. The lowest BCUT2D eigenvalue weighted by Gasteiger charge is -2.17. The van der Waals surface area contributed by atoms with E-state index in [2.05, 4.69) is 52.0 Å². The van der Waals surface area contributed by atoms with Crippen LogP contribution in [-0.4, -0.2) is 0 Å². The molecule has 0 spiro atoms. The molecule has 0 radical (unpaired) electrons. The van der Waals surface area contributed by atoms with E-state index in [0.29, 0.717) is 5.92 Å². The van der Waals surface area contributed by atoms with Crippen LogP contribution < -0.4 is 18.6 Å². The minimum atomic E-state index is -4.94. The van der Waals surface area contributed by atoms with E-state index in [1.54, 1.807) is 0 Å². The van der Waals surface area contributed by atoms with Gasteiger partial charge in [-0.2, -0.15) is 0 Å². The molecular formula is C16H17ClO5. The van der Waals surface area contributed by atoms with Crippen molar-refractivity contribution in [2.75, 3.05) is 0 Å². The van der Waals surface area contributed by atoms with E-state index >= 15 is 0 Å². The number of hydrogen-bond donors (Lipinski definition) is 0. The van der Waals surface area contributed by atoms with Gasteiger partial charge >= 0.3 is 11.5 Å². The van der Waals surface area contributed by atoms with Crippen molar-refractivity contribution in [3.8, 4) is 11.1 Å². The van der Waals surface area contributed by atoms with Gasteiger partial charge in [-0.15, -0.1) is 10.2 Å². The first-order chi connectivity index (χ1) is 10.1. The van der Waals surface area contributed by atoms with Crippen molar-refractivity contribution in [2.24, 2.45) is 0 Å². The summed E-state index contributed by atoms with van der Waals surface area (Å²) in [4.78, 5) is 0. The molecule has 0 saturated heterocycles. The molecule has 6 heteroatoms. The van der Waals surface area contributed by atoms with Crippen LogP contribution in [0, 0.1) is 31.0 Å². The Labute approximate surface area is 131 Å². The van der Waals surface area contributed by atoms with Crippen LogP contribution in [0.1, 0.15) is 41.1 Å². The van der Waals surface area contributed by atoms with E-state index in [9.17, 15) is 0 Å². The lowest BCUT2D eigenvalue weighted by Crippen LogP contribution is -2.68. The minimum absolute atomic E-state index is 0.374. The van der Waals surface area contributed by atoms with Crippen molar-refractivity contribution >= 4 is 0 Å². The molecule has 0 aliphatic heterocycles. The molecule has 1 aromatic heterocycles. The van der Waals surface area contributed by atoms with Crippen LogP contribution in [0.5, 0.6) is 0 Å². The molecular weight excluding hydrogens is 308 g/mol. The first-order valence-electron chi connectivity index (χ1n) is 6.76. The lowest BCUT2D eigenvalue weighted by atomic mass is 9.99. The molecule has 1 unspecified atom stereocenters. The van der Waals surface area contributed by atoms with Crippen LogP contribution in [0.2, 0.25) is 0 Å². The molecule has 1 heterocycles. The van der Waals surface area contributed by atoms with Gasteiger partial charge in [-0.3, -0.25) is 0 Å². The van der Waals surface area contributed by atoms with Gasteiger partial charge in [0.1, 0.15) is 0 Å². The van der Waals surface area contributed by atoms with Gasteiger partial charge in [-0.1, -0.05) is 24.3 Å². The highest BCUT2D eigenvalue weighted by Gasteiger charge is 2.38. The molecule has 0 fully saturated rings. The topological polar surface area (TPSA) is 104 Å². The fourth-order valence-corrected chi connectivity index (χ4v) is 2.81. The lowest BCUT2D eigenvalue weighted by molar-refractivity contribution is -2.00. The van der Waals surface area contributed by atoms with Crippen molar-refractivity contribution in [3.05, 3.63) is 52.5 Å². The summed E-state index contributed by atoms with van der Waals surface area (Å²) in [5.74, 6) is 2.55. The summed E-state index contributed by atoms with van der Waals surface area (Å²) in [7, 11) is -4.94. The van der Waals surface area contributed by atoms with Crippen LogP contribution >= 0.6 is 0 Å². The maximum atomic E-state index is 8.49. The van der Waals surface area contributed by atoms with Gasteiger partial charge in [-0.25, -0.2) is 23.1 Å². The van der Waals surface area contributed by atoms with Gasteiger partial charge in [-0.05, 0) is 37.5 Å². The third kappa shape index (κ3) is 3.29. The van der Waals surface area contributed by atoms with Crippen LogP contribution in [0.15, 0.2) is 28.7 Å². The summed E-state index contributed by atoms with van der Waals surface area (Å²) in [6, 6.07) is 8.63. The molecule has 0 amide bonds. The SMILES string of the molecule is Cc1[o+]c2c(c(C)c1C)-c1ccccc1C2C.[O-][Cl+3]([O-])([O-])[O-]. The average molecular weight is 325 g/mol. The summed E-state index contributed by atoms with van der Waals surface area (Å²) < 4.78 is 40.0. The Hall–Kier alpha value is -1.50. The number of fused-ring (bicyclic) bond motifs is 3. The van der Waals surface area contributed by atoms with Gasteiger partial charge in [0.05, 0.1) is 24.0 Å². The zero-order chi connectivity index (χ0) is 16.7. The molecule has 1 aliphatic rings. The zero-order valence-corrected chi connectivity index (χ0v) is 13.6. The maximum Gasteiger partial charge on any atom is 0.344 e. The fraction of sp³-hybridized carbons (Fsp3) is 0.312. The Morgan fingerprint density at radius 3 is 2.09 bits per heavy atom. The summed E-state index contributed by atoms with van der Waals surface area (Å²) in [6.45, 7) is 8.62. The first kappa shape index (κ1) is 16.9. The van der Waals surface area contributed by atoms with Crippen molar-refractivity contribution < 1.29 is 33.3 Å². The van der Waals surface area contributed by atoms with Crippen LogP contribution in [0.25, 0.3) is 11.1 Å². The summed E-state index contributed by atoms with van der Waals surface area (Å²) in [6.07, 6.45) is 0. The summed E-state index contributed by atoms with van der Waals surface area (Å²) >= 11 is 0. The van der Waals surface area contributed by atoms with E-state index in [1.165, 1.54) is 27.8 Å². The maximum absolute atomic E-state index is 8.49. The van der Waals surface area contributed by atoms with Crippen molar-refractivity contribution in [2.45, 2.75) is 33.6 Å². The highest BCUT2D eigenvalue weighted by Crippen LogP contribution is 2.47. The van der Waals surface area contributed by atoms with Crippen molar-refractivity contribution in [1.82, 2.24) is 0 Å². The first-order valence-corrected chi connectivity index (χ1v) is 7.99. The van der Waals surface area contributed by atoms with Gasteiger partial charge in [0.2, 0.25) is 0 Å². The van der Waals surface area contributed by atoms with E-state index in [-0.39, 0.29) is 0 Å². The molecule has 0 N–H and O–H groups in total. The van der Waals surface area contributed by atoms with Gasteiger partial charge in [0.15, 0.2) is 0 Å². The Balaban J connectivity index is 0.000000309. The molecule has 0 bridgehead atoms. The normalized spacial score (nSPS) is 15.7. The standard InChI is InChI=1S/C16H17O.ClHO4/c1-9-10(2)15-14-8-6-5-7-13(14)11(3)16(15)17-12(9)4;2-1(3,4)5/h5-8,11H,1-4H3;(H,2,3,4,5)/q+1;/p-1. The second kappa shape index (κ2) is 5.95. The second-order valence-electron chi connectivity index (χ2n) is 5.33. The summed E-state index contributed by atoms with van der Waals surface area (Å²) in [5, 5.41) is 0. The molecule has 118 valence electrons. The molecule has 1 aliphatic carbocycles. The predicted molar refractivity (Wildman–Crippen MR) is 70.3 cm³/mol. The molecule has 2 aromatic rings. The molecule has 5 nitrogen and oxygen atoms in total. The number of aryl methyl sites for hydroxylation is 1. The molecule has 3 rings (SSSR count). The Morgan fingerprint density at radius 2 is 1.50 bits per heavy atom. The van der Waals surface area contributed by atoms with Gasteiger partial charge in [0.25, 0.3) is 0 Å². The smallest absolute Gasteiger partial charge is 0.222 e. The van der Waals surface area contributed by atoms with Crippen LogP contribution in [0.3, 0.4) is 0 Å². The van der Waals surface area contributed by atoms with Crippen molar-refractivity contribution in [1.29, 1.82) is 0 Å². The highest BCUT2D eigenvalue weighted by molar-refractivity contribution is 5.79. The number of rotatable bonds is 0. The average Bonchev–Trinajstić information content (AvgIpc) is 2.68. The van der Waals surface area contributed by atoms with Crippen LogP contribution in [-0.2, 0) is 0 Å². The Bertz CT molecular complexity index is 700. The summed E-state index contributed by atoms with van der Waals surface area (Å²) in [5.41, 5.74) is 6.68. The monoisotopic (exact) mass is 324 g/mol. The van der Waals surface area contributed by atoms with Gasteiger partial charge in [0, 0.05) is 0 Å². The number of halogens is 1. The van der Waals surface area contributed by atoms with E-state index < -0.39 is 10.2 Å². The van der Waals surface area contributed by atoms with Crippen molar-refractivity contribution in [3.63, 3.8) is 0 Å². The largest absolute Gasteiger partial charge is 0.344 e. The molecule has 1 aromatic carbocycles. The Morgan fingerprint density at radius 1 is 0.955 bits per heavy atom. The third-order valence-electron chi connectivity index (χ3n) is 4.06. The van der Waals surface area contributed by atoms with E-state index in [4.69, 9.17) is 23.1 Å². The number of benzene rings is 1. The quantitative estimate of drug-likeness (QED) is 0.627. The Kier molecular flexibility index (Phi) is 4.56. The van der Waals surface area contributed by atoms with E-state index in [1.807, 2.05) is 0 Å². The predicted octanol–water partition coefficient (Wildman–Crippen LogP) is -0.138. The minimum Gasteiger partial charge on any atom is -0.222 e. The van der Waals surface area contributed by atoms with Gasteiger partial charge < -0.3 is 0 Å². The molecule has 22 heavy (non-hydrogen) atoms.